The number of aryl methyl sites for hydroxylation is 1. The van der Waals surface area contributed by atoms with Crippen LogP contribution in [0.15, 0.2) is 89.3 Å². The molecule has 0 fully saturated rings. The van der Waals surface area contributed by atoms with Gasteiger partial charge in [-0.15, -0.1) is 0 Å². The lowest BCUT2D eigenvalue weighted by Gasteiger charge is -2.37. The Balaban J connectivity index is 1.53. The molecule has 6 nitrogen and oxygen atoms in total. The number of ketones is 1. The zero-order valence-corrected chi connectivity index (χ0v) is 22.4. The first-order chi connectivity index (χ1) is 18.8. The minimum absolute atomic E-state index is 0.0500. The molecule has 7 heteroatoms. The highest BCUT2D eigenvalue weighted by atomic mass is 19.1. The number of ether oxygens (including phenoxy) is 2. The van der Waals surface area contributed by atoms with Crippen LogP contribution in [-0.4, -0.2) is 25.9 Å². The van der Waals surface area contributed by atoms with E-state index in [0.29, 0.717) is 46.0 Å². The van der Waals surface area contributed by atoms with Gasteiger partial charge in [0, 0.05) is 40.6 Å². The van der Waals surface area contributed by atoms with Gasteiger partial charge in [0.2, 0.25) is 0 Å². The summed E-state index contributed by atoms with van der Waals surface area (Å²) in [6.07, 6.45) is 0.859. The minimum atomic E-state index is -0.619. The smallest absolute Gasteiger partial charge is 0.254 e. The van der Waals surface area contributed by atoms with Gasteiger partial charge in [0.1, 0.15) is 5.82 Å². The summed E-state index contributed by atoms with van der Waals surface area (Å²) in [4.78, 5) is 27.5. The number of allylic oxidation sites excluding steroid dienone is 3. The van der Waals surface area contributed by atoms with Crippen LogP contribution in [0.1, 0.15) is 48.3 Å². The SMILES string of the molecule is COc1ccc([C@H]2CC(=O)C3=C(C2)NC(C)=C(C(=O)Nc2ccc(C)cc2)[C@H]3c2ccc(F)cc2)cc1OC. The molecule has 2 N–H and O–H groups in total. The van der Waals surface area contributed by atoms with Crippen molar-refractivity contribution in [2.24, 2.45) is 0 Å². The fraction of sp³-hybridized carbons (Fsp3) is 0.250. The molecule has 0 radical (unpaired) electrons. The molecule has 0 aromatic heterocycles. The number of anilines is 1. The van der Waals surface area contributed by atoms with Crippen LogP contribution < -0.4 is 20.1 Å². The van der Waals surface area contributed by atoms with Gasteiger partial charge >= 0.3 is 0 Å². The maximum absolute atomic E-state index is 13.9. The van der Waals surface area contributed by atoms with Crippen LogP contribution in [-0.2, 0) is 9.59 Å². The number of hydrogen-bond acceptors (Lipinski definition) is 5. The molecule has 3 aromatic rings. The third-order valence-electron chi connectivity index (χ3n) is 7.46. The Hall–Kier alpha value is -4.39. The number of amides is 1. The predicted octanol–water partition coefficient (Wildman–Crippen LogP) is 6.15. The summed E-state index contributed by atoms with van der Waals surface area (Å²) in [6, 6.07) is 19.3. The standard InChI is InChI=1S/C32H31FN2O4/c1-18-5-12-24(13-6-18)35-32(37)29-19(2)34-25-15-22(21-9-14-27(38-3)28(17-21)39-4)16-26(36)31(25)30(29)20-7-10-23(33)11-8-20/h5-14,17,22,30,34H,15-16H2,1-4H3,(H,35,37)/t22-,30-/m1/s1. The van der Waals surface area contributed by atoms with Crippen LogP contribution in [0, 0.1) is 12.7 Å². The molecule has 2 atom stereocenters. The number of hydrogen-bond donors (Lipinski definition) is 2. The molecule has 3 aromatic carbocycles. The first kappa shape index (κ1) is 26.2. The monoisotopic (exact) mass is 526 g/mol. The Morgan fingerprint density at radius 3 is 2.23 bits per heavy atom. The largest absolute Gasteiger partial charge is 0.493 e. The fourth-order valence-electron chi connectivity index (χ4n) is 5.51. The second kappa shape index (κ2) is 10.8. The fourth-order valence-corrected chi connectivity index (χ4v) is 5.51. The molecule has 2 aliphatic rings. The summed E-state index contributed by atoms with van der Waals surface area (Å²) >= 11 is 0. The van der Waals surface area contributed by atoms with Gasteiger partial charge in [0.15, 0.2) is 17.3 Å². The number of dihydropyridines is 1. The Morgan fingerprint density at radius 1 is 0.897 bits per heavy atom. The van der Waals surface area contributed by atoms with E-state index in [-0.39, 0.29) is 29.8 Å². The normalized spacial score (nSPS) is 18.8. The van der Waals surface area contributed by atoms with E-state index >= 15 is 0 Å². The van der Waals surface area contributed by atoms with Crippen molar-refractivity contribution in [3.8, 4) is 11.5 Å². The average molecular weight is 527 g/mol. The van der Waals surface area contributed by atoms with E-state index in [1.165, 1.54) is 12.1 Å². The van der Waals surface area contributed by atoms with Gasteiger partial charge in [-0.2, -0.15) is 0 Å². The van der Waals surface area contributed by atoms with Gasteiger partial charge in [-0.05, 0) is 73.7 Å². The number of carbonyl (C=O) groups excluding carboxylic acids is 2. The summed E-state index contributed by atoms with van der Waals surface area (Å²) in [6.45, 7) is 3.82. The number of rotatable bonds is 6. The van der Waals surface area contributed by atoms with E-state index < -0.39 is 5.92 Å². The van der Waals surface area contributed by atoms with Crippen LogP contribution in [0.4, 0.5) is 10.1 Å². The number of halogens is 1. The molecule has 39 heavy (non-hydrogen) atoms. The number of methoxy groups -OCH3 is 2. The van der Waals surface area contributed by atoms with Crippen molar-refractivity contribution in [3.05, 3.63) is 112 Å². The molecular weight excluding hydrogens is 495 g/mol. The molecule has 0 bridgehead atoms. The minimum Gasteiger partial charge on any atom is -0.493 e. The van der Waals surface area contributed by atoms with E-state index in [9.17, 15) is 14.0 Å². The molecule has 200 valence electrons. The molecule has 1 aliphatic carbocycles. The molecular formula is C32H31FN2O4. The Bertz CT molecular complexity index is 1490. The van der Waals surface area contributed by atoms with Gasteiger partial charge < -0.3 is 20.1 Å². The van der Waals surface area contributed by atoms with Crippen molar-refractivity contribution in [1.82, 2.24) is 5.32 Å². The van der Waals surface area contributed by atoms with Crippen molar-refractivity contribution in [1.29, 1.82) is 0 Å². The molecule has 0 saturated carbocycles. The van der Waals surface area contributed by atoms with E-state index in [1.54, 1.807) is 26.4 Å². The van der Waals surface area contributed by atoms with Gasteiger partial charge in [0.25, 0.3) is 5.91 Å². The first-order valence-electron chi connectivity index (χ1n) is 12.9. The second-order valence-corrected chi connectivity index (χ2v) is 10.0. The highest BCUT2D eigenvalue weighted by Crippen LogP contribution is 2.46. The van der Waals surface area contributed by atoms with Crippen LogP contribution in [0.5, 0.6) is 11.5 Å². The Kier molecular flexibility index (Phi) is 7.24. The van der Waals surface area contributed by atoms with Gasteiger partial charge in [0.05, 0.1) is 14.2 Å². The third-order valence-corrected chi connectivity index (χ3v) is 7.46. The summed E-state index contributed by atoms with van der Waals surface area (Å²) in [5.74, 6) is -0.200. The maximum atomic E-state index is 13.9. The third kappa shape index (κ3) is 5.17. The number of Topliss-reactive ketones (excluding diaryl/α,β-unsaturated/α-hetero) is 1. The van der Waals surface area contributed by atoms with Gasteiger partial charge in [-0.1, -0.05) is 35.9 Å². The van der Waals surface area contributed by atoms with Crippen molar-refractivity contribution in [2.75, 3.05) is 19.5 Å². The Morgan fingerprint density at radius 2 is 1.56 bits per heavy atom. The van der Waals surface area contributed by atoms with E-state index in [2.05, 4.69) is 10.6 Å². The summed E-state index contributed by atoms with van der Waals surface area (Å²) in [5, 5.41) is 6.36. The van der Waals surface area contributed by atoms with Crippen molar-refractivity contribution in [2.45, 2.75) is 38.5 Å². The molecule has 0 spiro atoms. The zero-order valence-electron chi connectivity index (χ0n) is 22.4. The Labute approximate surface area is 227 Å². The van der Waals surface area contributed by atoms with Crippen LogP contribution in [0.2, 0.25) is 0 Å². The topological polar surface area (TPSA) is 76.7 Å². The lowest BCUT2D eigenvalue weighted by Crippen LogP contribution is -2.37. The molecule has 5 rings (SSSR count). The molecule has 0 saturated heterocycles. The van der Waals surface area contributed by atoms with E-state index in [0.717, 1.165) is 16.8 Å². The predicted molar refractivity (Wildman–Crippen MR) is 148 cm³/mol. The van der Waals surface area contributed by atoms with E-state index in [1.807, 2.05) is 56.3 Å². The summed E-state index contributed by atoms with van der Waals surface area (Å²) in [5.41, 5.74) is 5.84. The molecule has 0 unspecified atom stereocenters. The number of carbonyl (C=O) groups is 2. The highest BCUT2D eigenvalue weighted by Gasteiger charge is 2.41. The van der Waals surface area contributed by atoms with Crippen LogP contribution in [0.25, 0.3) is 0 Å². The molecule has 1 amide bonds. The second-order valence-electron chi connectivity index (χ2n) is 10.0. The maximum Gasteiger partial charge on any atom is 0.254 e. The highest BCUT2D eigenvalue weighted by molar-refractivity contribution is 6.10. The van der Waals surface area contributed by atoms with Crippen molar-refractivity contribution in [3.63, 3.8) is 0 Å². The van der Waals surface area contributed by atoms with Gasteiger partial charge in [-0.3, -0.25) is 9.59 Å². The molecule has 1 aliphatic heterocycles. The van der Waals surface area contributed by atoms with Crippen LogP contribution >= 0.6 is 0 Å². The quantitative estimate of drug-likeness (QED) is 0.403. The lowest BCUT2D eigenvalue weighted by atomic mass is 9.71. The lowest BCUT2D eigenvalue weighted by molar-refractivity contribution is -0.116. The summed E-state index contributed by atoms with van der Waals surface area (Å²) in [7, 11) is 3.17. The number of nitrogens with one attached hydrogen (secondary N) is 2. The van der Waals surface area contributed by atoms with Crippen molar-refractivity contribution >= 4 is 17.4 Å². The van der Waals surface area contributed by atoms with Gasteiger partial charge in [-0.25, -0.2) is 4.39 Å². The summed E-state index contributed by atoms with van der Waals surface area (Å²) < 4.78 is 24.7. The first-order valence-corrected chi connectivity index (χ1v) is 12.9. The van der Waals surface area contributed by atoms with Crippen molar-refractivity contribution < 1.29 is 23.5 Å². The van der Waals surface area contributed by atoms with E-state index in [4.69, 9.17) is 9.47 Å². The molecule has 1 heterocycles. The number of benzene rings is 3. The zero-order chi connectivity index (χ0) is 27.7. The van der Waals surface area contributed by atoms with Crippen LogP contribution in [0.3, 0.4) is 0 Å². The average Bonchev–Trinajstić information content (AvgIpc) is 2.93.